The Balaban J connectivity index is 1.67. The number of hydrogen-bond donors (Lipinski definition) is 1. The summed E-state index contributed by atoms with van der Waals surface area (Å²) in [6, 6.07) is 8.79. The maximum absolute atomic E-state index is 14.5. The van der Waals surface area contributed by atoms with Crippen LogP contribution in [0.5, 0.6) is 5.75 Å². The number of aromatic nitrogens is 3. The third-order valence-electron chi connectivity index (χ3n) is 5.99. The van der Waals surface area contributed by atoms with Gasteiger partial charge in [0, 0.05) is 23.8 Å². The van der Waals surface area contributed by atoms with E-state index in [1.807, 2.05) is 59.6 Å². The van der Waals surface area contributed by atoms with Crippen molar-refractivity contribution in [1.82, 2.24) is 15.1 Å². The van der Waals surface area contributed by atoms with Gasteiger partial charge in [-0.15, -0.1) is 4.68 Å². The number of benzene rings is 1. The Kier molecular flexibility index (Phi) is 7.18. The first kappa shape index (κ1) is 23.1. The van der Waals surface area contributed by atoms with E-state index in [0.29, 0.717) is 24.3 Å². The molecule has 2 aromatic heterocycles. The van der Waals surface area contributed by atoms with Crippen molar-refractivity contribution in [3.8, 4) is 5.75 Å². The molecule has 1 aliphatic heterocycles. The van der Waals surface area contributed by atoms with Crippen LogP contribution in [0.4, 0.5) is 8.78 Å². The summed E-state index contributed by atoms with van der Waals surface area (Å²) in [5.41, 5.74) is 3.41. The lowest BCUT2D eigenvalue weighted by Crippen LogP contribution is -2.44. The van der Waals surface area contributed by atoms with Gasteiger partial charge in [0.25, 0.3) is 5.65 Å². The average molecular weight is 454 g/mol. The van der Waals surface area contributed by atoms with Crippen LogP contribution in [-0.4, -0.2) is 35.1 Å². The molecule has 7 heteroatoms. The number of nitrogens with zero attached hydrogens (tertiary/aromatic N) is 3. The van der Waals surface area contributed by atoms with E-state index in [1.165, 1.54) is 12.1 Å². The van der Waals surface area contributed by atoms with Gasteiger partial charge in [0.05, 0.1) is 18.8 Å². The molecule has 1 saturated heterocycles. The molecule has 0 bridgehead atoms. The first-order chi connectivity index (χ1) is 16.0. The van der Waals surface area contributed by atoms with Gasteiger partial charge < -0.3 is 10.1 Å². The number of aryl methyl sites for hydroxylation is 1. The zero-order chi connectivity index (χ0) is 23.4. The molecule has 4 rings (SSSR count). The summed E-state index contributed by atoms with van der Waals surface area (Å²) in [6.45, 7) is 4.95. The summed E-state index contributed by atoms with van der Waals surface area (Å²) in [5, 5.41) is 7.72. The van der Waals surface area contributed by atoms with Gasteiger partial charge in [0.1, 0.15) is 23.8 Å². The van der Waals surface area contributed by atoms with Gasteiger partial charge in [-0.3, -0.25) is 0 Å². The van der Waals surface area contributed by atoms with Crippen molar-refractivity contribution in [3.63, 3.8) is 0 Å². The smallest absolute Gasteiger partial charge is 0.313 e. The summed E-state index contributed by atoms with van der Waals surface area (Å²) in [5.74, 6) is 0.801. The number of ether oxygens (including phenoxy) is 1. The summed E-state index contributed by atoms with van der Waals surface area (Å²) in [6.07, 6.45) is 8.75. The van der Waals surface area contributed by atoms with Crippen molar-refractivity contribution in [2.45, 2.75) is 45.4 Å². The summed E-state index contributed by atoms with van der Waals surface area (Å²) < 4.78 is 38.5. The van der Waals surface area contributed by atoms with Crippen LogP contribution in [0, 0.1) is 12.7 Å². The molecular weight excluding hydrogens is 422 g/mol. The third kappa shape index (κ3) is 5.14. The predicted octanol–water partition coefficient (Wildman–Crippen LogP) is 4.58. The molecule has 1 aromatic carbocycles. The number of rotatable bonds is 7. The topological polar surface area (TPSA) is 43.2 Å². The minimum Gasteiger partial charge on any atom is -0.487 e. The number of fused-ring (bicyclic) bond motifs is 1. The Morgan fingerprint density at radius 2 is 2.21 bits per heavy atom. The lowest BCUT2D eigenvalue weighted by molar-refractivity contribution is -0.515. The van der Waals surface area contributed by atoms with Gasteiger partial charge >= 0.3 is 5.82 Å². The van der Waals surface area contributed by atoms with Gasteiger partial charge in [-0.05, 0) is 55.6 Å². The minimum absolute atomic E-state index is 0.257. The monoisotopic (exact) mass is 453 g/mol. The Morgan fingerprint density at radius 1 is 1.36 bits per heavy atom. The van der Waals surface area contributed by atoms with Crippen LogP contribution in [0.3, 0.4) is 0 Å². The summed E-state index contributed by atoms with van der Waals surface area (Å²) in [7, 11) is 1.92. The highest BCUT2D eigenvalue weighted by Crippen LogP contribution is 2.28. The minimum atomic E-state index is -1.11. The number of nitrogens with one attached hydrogen (secondary N) is 1. The molecule has 0 aliphatic carbocycles. The van der Waals surface area contributed by atoms with Crippen LogP contribution in [0.1, 0.15) is 43.1 Å². The number of unbranched alkanes of at least 4 members (excludes halogenated alkanes) is 1. The predicted molar refractivity (Wildman–Crippen MR) is 126 cm³/mol. The average Bonchev–Trinajstić information content (AvgIpc) is 3.14. The van der Waals surface area contributed by atoms with Crippen molar-refractivity contribution in [2.75, 3.05) is 13.1 Å². The van der Waals surface area contributed by atoms with E-state index in [1.54, 1.807) is 0 Å². The van der Waals surface area contributed by atoms with Crippen LogP contribution in [0.25, 0.3) is 17.3 Å². The van der Waals surface area contributed by atoms with E-state index < -0.39 is 18.1 Å². The normalized spacial score (nSPS) is 19.5. The number of allylic oxidation sites excluding steroid dienone is 3. The zero-order valence-corrected chi connectivity index (χ0v) is 19.4. The Labute approximate surface area is 193 Å². The quantitative estimate of drug-likeness (QED) is 0.421. The first-order valence-electron chi connectivity index (χ1n) is 11.5. The Morgan fingerprint density at radius 3 is 3.00 bits per heavy atom. The maximum atomic E-state index is 14.5. The molecule has 0 spiro atoms. The molecule has 3 aromatic rings. The SMILES string of the molecule is CCCC=C(C=Cc1cc(F)cc(OC2CCNCC2F)c1C)c1nn(C)c2cccc[n+]12. The molecule has 3 heterocycles. The van der Waals surface area contributed by atoms with Gasteiger partial charge in [-0.25, -0.2) is 8.78 Å². The molecule has 1 N–H and O–H groups in total. The molecule has 1 aliphatic rings. The number of piperidine rings is 1. The third-order valence-corrected chi connectivity index (χ3v) is 5.99. The second-order valence-corrected chi connectivity index (χ2v) is 8.44. The lowest BCUT2D eigenvalue weighted by atomic mass is 10.0. The lowest BCUT2D eigenvalue weighted by Gasteiger charge is -2.28. The summed E-state index contributed by atoms with van der Waals surface area (Å²) in [4.78, 5) is 0. The molecule has 5 nitrogen and oxygen atoms in total. The second-order valence-electron chi connectivity index (χ2n) is 8.44. The molecule has 33 heavy (non-hydrogen) atoms. The van der Waals surface area contributed by atoms with E-state index >= 15 is 0 Å². The zero-order valence-electron chi connectivity index (χ0n) is 19.4. The van der Waals surface area contributed by atoms with Gasteiger partial charge in [-0.1, -0.05) is 31.6 Å². The van der Waals surface area contributed by atoms with Crippen molar-refractivity contribution in [2.24, 2.45) is 7.05 Å². The molecule has 0 amide bonds. The van der Waals surface area contributed by atoms with E-state index in [2.05, 4.69) is 18.3 Å². The van der Waals surface area contributed by atoms with Crippen molar-refractivity contribution in [1.29, 1.82) is 0 Å². The fourth-order valence-corrected chi connectivity index (χ4v) is 4.09. The van der Waals surface area contributed by atoms with Crippen LogP contribution in [0.15, 0.2) is 48.7 Å². The number of alkyl halides is 1. The highest BCUT2D eigenvalue weighted by atomic mass is 19.1. The van der Waals surface area contributed by atoms with Crippen LogP contribution < -0.4 is 14.5 Å². The van der Waals surface area contributed by atoms with Crippen LogP contribution in [-0.2, 0) is 7.05 Å². The fourth-order valence-electron chi connectivity index (χ4n) is 4.09. The number of hydrogen-bond acceptors (Lipinski definition) is 3. The molecule has 2 unspecified atom stereocenters. The first-order valence-corrected chi connectivity index (χ1v) is 11.5. The molecule has 2 atom stereocenters. The molecule has 0 saturated carbocycles. The van der Waals surface area contributed by atoms with Gasteiger partial charge in [-0.2, -0.15) is 4.40 Å². The highest BCUT2D eigenvalue weighted by molar-refractivity contribution is 5.76. The maximum Gasteiger partial charge on any atom is 0.313 e. The van der Waals surface area contributed by atoms with Crippen LogP contribution in [0.2, 0.25) is 0 Å². The Bertz CT molecular complexity index is 1180. The fraction of sp³-hybridized carbons (Fsp3) is 0.385. The van der Waals surface area contributed by atoms with E-state index in [0.717, 1.165) is 35.4 Å². The molecule has 1 fully saturated rings. The standard InChI is InChI=1S/C26H31F2N4O/c1-4-5-8-19(26-30-31(3)25-9-6-7-14-32(25)26)10-11-20-15-21(27)16-24(18(20)2)33-23-12-13-29-17-22(23)28/h6-11,14-16,22-23,29H,4-5,12-13,17H2,1-3H3/q+1. The largest absolute Gasteiger partial charge is 0.487 e. The molecule has 174 valence electrons. The molecular formula is C26H31F2N4O+. The highest BCUT2D eigenvalue weighted by Gasteiger charge is 2.27. The van der Waals surface area contributed by atoms with Crippen molar-refractivity contribution < 1.29 is 17.9 Å². The Hall–Kier alpha value is -3.06. The van der Waals surface area contributed by atoms with E-state index in [-0.39, 0.29) is 6.54 Å². The van der Waals surface area contributed by atoms with Gasteiger partial charge in [0.15, 0.2) is 0 Å². The second kappa shape index (κ2) is 10.3. The van der Waals surface area contributed by atoms with E-state index in [9.17, 15) is 8.78 Å². The number of pyridine rings is 1. The van der Waals surface area contributed by atoms with Crippen molar-refractivity contribution in [3.05, 3.63) is 71.4 Å². The number of halogens is 2. The van der Waals surface area contributed by atoms with Crippen molar-refractivity contribution >= 4 is 17.3 Å². The van der Waals surface area contributed by atoms with E-state index in [4.69, 9.17) is 9.84 Å². The van der Waals surface area contributed by atoms with Crippen LogP contribution >= 0.6 is 0 Å². The molecule has 0 radical (unpaired) electrons. The van der Waals surface area contributed by atoms with Gasteiger partial charge in [0.2, 0.25) is 0 Å². The summed E-state index contributed by atoms with van der Waals surface area (Å²) >= 11 is 0.